The van der Waals surface area contributed by atoms with Gasteiger partial charge in [0, 0.05) is 21.3 Å². The molecule has 2 N–H and O–H groups in total. The Morgan fingerprint density at radius 3 is 2.52 bits per heavy atom. The zero-order chi connectivity index (χ0) is 16.6. The molecule has 5 nitrogen and oxygen atoms in total. The Bertz CT molecular complexity index is 806. The van der Waals surface area contributed by atoms with E-state index in [0.717, 1.165) is 10.0 Å². The molecule has 0 aliphatic carbocycles. The van der Waals surface area contributed by atoms with Crippen LogP contribution in [0.2, 0.25) is 0 Å². The number of carbonyl (C=O) groups is 2. The molecule has 0 bridgehead atoms. The lowest BCUT2D eigenvalue weighted by Crippen LogP contribution is -2.44. The van der Waals surface area contributed by atoms with Crippen molar-refractivity contribution in [3.05, 3.63) is 57.9 Å². The van der Waals surface area contributed by atoms with E-state index in [1.165, 1.54) is 6.92 Å². The second kappa shape index (κ2) is 6.04. The van der Waals surface area contributed by atoms with E-state index in [1.807, 2.05) is 30.3 Å². The molecule has 3 rings (SSSR count). The van der Waals surface area contributed by atoms with E-state index in [0.29, 0.717) is 22.8 Å². The largest absolute Gasteiger partial charge is 0.459 e. The van der Waals surface area contributed by atoms with Crippen LogP contribution in [0.1, 0.15) is 25.6 Å². The molecule has 2 heterocycles. The van der Waals surface area contributed by atoms with Gasteiger partial charge in [-0.05, 0) is 38.1 Å². The molecule has 1 aromatic heterocycles. The lowest BCUT2D eigenvalue weighted by atomic mass is 9.97. The van der Waals surface area contributed by atoms with Crippen LogP contribution < -0.4 is 10.6 Å². The van der Waals surface area contributed by atoms with E-state index in [-0.39, 0.29) is 11.8 Å². The van der Waals surface area contributed by atoms with Gasteiger partial charge in [0.1, 0.15) is 17.6 Å². The van der Waals surface area contributed by atoms with Crippen LogP contribution in [-0.4, -0.2) is 11.8 Å². The van der Waals surface area contributed by atoms with Gasteiger partial charge in [0.2, 0.25) is 0 Å². The Morgan fingerprint density at radius 2 is 1.87 bits per heavy atom. The van der Waals surface area contributed by atoms with Gasteiger partial charge in [0.25, 0.3) is 0 Å². The third-order valence-corrected chi connectivity index (χ3v) is 4.22. The van der Waals surface area contributed by atoms with Gasteiger partial charge < -0.3 is 15.1 Å². The lowest BCUT2D eigenvalue weighted by molar-refractivity contribution is -0.114. The second-order valence-electron chi connectivity index (χ2n) is 5.34. The molecule has 0 radical (unpaired) electrons. The number of amides is 2. The fourth-order valence-corrected chi connectivity index (χ4v) is 2.92. The molecule has 1 aromatic carbocycles. The summed E-state index contributed by atoms with van der Waals surface area (Å²) >= 11 is 3.39. The van der Waals surface area contributed by atoms with E-state index in [9.17, 15) is 9.59 Å². The normalized spacial score (nSPS) is 17.7. The van der Waals surface area contributed by atoms with Crippen LogP contribution in [0, 0.1) is 0 Å². The van der Waals surface area contributed by atoms with Crippen LogP contribution in [0.3, 0.4) is 0 Å². The molecule has 1 aliphatic rings. The van der Waals surface area contributed by atoms with E-state index >= 15 is 0 Å². The monoisotopic (exact) mass is 374 g/mol. The highest BCUT2D eigenvalue weighted by Gasteiger charge is 2.31. The van der Waals surface area contributed by atoms with Gasteiger partial charge >= 0.3 is 6.03 Å². The first kappa shape index (κ1) is 15.6. The van der Waals surface area contributed by atoms with Crippen molar-refractivity contribution in [3.63, 3.8) is 0 Å². The number of hydrogen-bond acceptors (Lipinski definition) is 3. The Hall–Kier alpha value is -2.34. The van der Waals surface area contributed by atoms with Crippen molar-refractivity contribution in [2.45, 2.75) is 19.9 Å². The lowest BCUT2D eigenvalue weighted by Gasteiger charge is -2.26. The molecule has 0 spiro atoms. The first-order valence-corrected chi connectivity index (χ1v) is 7.90. The number of ketones is 1. The summed E-state index contributed by atoms with van der Waals surface area (Å²) in [6.07, 6.45) is 0. The van der Waals surface area contributed by atoms with Crippen molar-refractivity contribution < 1.29 is 14.0 Å². The number of halogens is 1. The minimum atomic E-state index is -0.578. The van der Waals surface area contributed by atoms with E-state index in [2.05, 4.69) is 26.6 Å². The van der Waals surface area contributed by atoms with Gasteiger partial charge in [-0.1, -0.05) is 28.1 Å². The number of nitrogens with one attached hydrogen (secondary N) is 2. The molecule has 23 heavy (non-hydrogen) atoms. The van der Waals surface area contributed by atoms with Crippen molar-refractivity contribution in [1.29, 1.82) is 0 Å². The van der Waals surface area contributed by atoms with Gasteiger partial charge in [0.15, 0.2) is 5.78 Å². The number of furan rings is 1. The SMILES string of the molecule is CC(=O)C1=C(C)NC(=O)N[C@@H]1c1ccc(-c2ccc(Br)cc2)o1. The molecular weight excluding hydrogens is 360 g/mol. The summed E-state index contributed by atoms with van der Waals surface area (Å²) in [6.45, 7) is 3.19. The highest BCUT2D eigenvalue weighted by Crippen LogP contribution is 2.32. The zero-order valence-electron chi connectivity index (χ0n) is 12.6. The average molecular weight is 375 g/mol. The van der Waals surface area contributed by atoms with Crippen LogP contribution >= 0.6 is 15.9 Å². The molecule has 0 unspecified atom stereocenters. The summed E-state index contributed by atoms with van der Waals surface area (Å²) in [5, 5.41) is 5.36. The van der Waals surface area contributed by atoms with Crippen LogP contribution in [-0.2, 0) is 4.79 Å². The Labute approximate surface area is 141 Å². The minimum absolute atomic E-state index is 0.110. The summed E-state index contributed by atoms with van der Waals surface area (Å²) in [5.41, 5.74) is 1.97. The summed E-state index contributed by atoms with van der Waals surface area (Å²) in [5.74, 6) is 1.10. The Kier molecular flexibility index (Phi) is 4.09. The minimum Gasteiger partial charge on any atom is -0.459 e. The number of Topliss-reactive ketones (excluding diaryl/α,β-unsaturated/α-hetero) is 1. The first-order chi connectivity index (χ1) is 11.0. The maximum Gasteiger partial charge on any atom is 0.319 e. The number of urea groups is 1. The summed E-state index contributed by atoms with van der Waals surface area (Å²) in [6, 6.07) is 10.4. The second-order valence-corrected chi connectivity index (χ2v) is 6.25. The van der Waals surface area contributed by atoms with Crippen molar-refractivity contribution in [2.75, 3.05) is 0 Å². The molecule has 0 fully saturated rings. The van der Waals surface area contributed by atoms with Crippen LogP contribution in [0.15, 0.2) is 56.6 Å². The fraction of sp³-hybridized carbons (Fsp3) is 0.176. The first-order valence-electron chi connectivity index (χ1n) is 7.10. The van der Waals surface area contributed by atoms with Crippen molar-refractivity contribution >= 4 is 27.7 Å². The molecule has 1 aliphatic heterocycles. The van der Waals surface area contributed by atoms with Crippen LogP contribution in [0.25, 0.3) is 11.3 Å². The summed E-state index contributed by atoms with van der Waals surface area (Å²) < 4.78 is 6.86. The molecule has 118 valence electrons. The van der Waals surface area contributed by atoms with Crippen molar-refractivity contribution in [3.8, 4) is 11.3 Å². The maximum atomic E-state index is 11.9. The quantitative estimate of drug-likeness (QED) is 0.854. The van der Waals surface area contributed by atoms with Gasteiger partial charge in [0.05, 0.1) is 0 Å². The van der Waals surface area contributed by atoms with Crippen LogP contribution in [0.4, 0.5) is 4.79 Å². The predicted octanol–water partition coefficient (Wildman–Crippen LogP) is 3.93. The Morgan fingerprint density at radius 1 is 1.17 bits per heavy atom. The topological polar surface area (TPSA) is 71.3 Å². The standard InChI is InChI=1S/C17H15BrN2O3/c1-9-15(10(2)21)16(20-17(22)19-9)14-8-7-13(23-14)11-3-5-12(18)6-4-11/h3-8,16H,1-2H3,(H2,19,20,22)/t16-/m1/s1. The molecule has 0 saturated heterocycles. The number of hydrogen-bond donors (Lipinski definition) is 2. The summed E-state index contributed by atoms with van der Waals surface area (Å²) in [7, 11) is 0. The van der Waals surface area contributed by atoms with E-state index < -0.39 is 6.04 Å². The van der Waals surface area contributed by atoms with Crippen molar-refractivity contribution in [2.24, 2.45) is 0 Å². The number of carbonyl (C=O) groups excluding carboxylic acids is 2. The van der Waals surface area contributed by atoms with Gasteiger partial charge in [-0.2, -0.15) is 0 Å². The van der Waals surface area contributed by atoms with Gasteiger partial charge in [-0.25, -0.2) is 4.79 Å². The van der Waals surface area contributed by atoms with E-state index in [4.69, 9.17) is 4.42 Å². The third kappa shape index (κ3) is 3.07. The molecular formula is C17H15BrN2O3. The zero-order valence-corrected chi connectivity index (χ0v) is 14.2. The van der Waals surface area contributed by atoms with E-state index in [1.54, 1.807) is 13.0 Å². The fourth-order valence-electron chi connectivity index (χ4n) is 2.65. The summed E-state index contributed by atoms with van der Waals surface area (Å²) in [4.78, 5) is 23.6. The molecule has 0 saturated carbocycles. The van der Waals surface area contributed by atoms with Crippen LogP contribution in [0.5, 0.6) is 0 Å². The van der Waals surface area contributed by atoms with Crippen molar-refractivity contribution in [1.82, 2.24) is 10.6 Å². The Balaban J connectivity index is 1.98. The average Bonchev–Trinajstić information content (AvgIpc) is 2.96. The smallest absolute Gasteiger partial charge is 0.319 e. The molecule has 2 aromatic rings. The number of rotatable bonds is 3. The van der Waals surface area contributed by atoms with Gasteiger partial charge in [-0.3, -0.25) is 4.79 Å². The molecule has 1 atom stereocenters. The van der Waals surface area contributed by atoms with Gasteiger partial charge in [-0.15, -0.1) is 0 Å². The number of allylic oxidation sites excluding steroid dienone is 1. The third-order valence-electron chi connectivity index (χ3n) is 3.69. The highest BCUT2D eigenvalue weighted by molar-refractivity contribution is 9.10. The molecule has 6 heteroatoms. The maximum absolute atomic E-state index is 11.9. The molecule has 2 amide bonds. The highest BCUT2D eigenvalue weighted by atomic mass is 79.9. The predicted molar refractivity (Wildman–Crippen MR) is 89.6 cm³/mol. The number of benzene rings is 1.